The number of benzene rings is 4. The zero-order valence-electron chi connectivity index (χ0n) is 39.1. The quantitative estimate of drug-likeness (QED) is 0.0672. The lowest BCUT2D eigenvalue weighted by Crippen LogP contribution is -2.31. The highest BCUT2D eigenvalue weighted by molar-refractivity contribution is 5.85. The van der Waals surface area contributed by atoms with Crippen molar-refractivity contribution in [1.82, 2.24) is 10.3 Å². The van der Waals surface area contributed by atoms with E-state index in [4.69, 9.17) is 29.7 Å². The number of aromatic nitrogens is 1. The number of nitrogens with two attached hydrogens (primary N) is 1. The molecule has 11 heteroatoms. The average molecular weight is 901 g/mol. The van der Waals surface area contributed by atoms with Crippen LogP contribution in [0.1, 0.15) is 120 Å². The number of esters is 1. The number of phenolic OH excluding ortho intramolecular Hbond substituents is 2. The number of carbonyl (C=O) groups is 1. The summed E-state index contributed by atoms with van der Waals surface area (Å²) < 4.78 is 25.9. The highest BCUT2D eigenvalue weighted by Crippen LogP contribution is 2.64. The zero-order chi connectivity index (χ0) is 46.6. The molecule has 1 spiro atoms. The van der Waals surface area contributed by atoms with Gasteiger partial charge in [-0.2, -0.15) is 0 Å². The summed E-state index contributed by atoms with van der Waals surface area (Å²) in [5, 5.41) is 29.8. The summed E-state index contributed by atoms with van der Waals surface area (Å²) in [5.74, 6) is 8.98. The summed E-state index contributed by atoms with van der Waals surface area (Å²) in [6, 6.07) is 20.4. The molecule has 0 saturated heterocycles. The summed E-state index contributed by atoms with van der Waals surface area (Å²) in [4.78, 5) is 17.8. The number of nitrogen functional groups attached to an aromatic ring is 1. The van der Waals surface area contributed by atoms with Crippen LogP contribution in [0.3, 0.4) is 0 Å². The van der Waals surface area contributed by atoms with Gasteiger partial charge in [0.05, 0.1) is 19.1 Å². The van der Waals surface area contributed by atoms with E-state index in [-0.39, 0.29) is 48.4 Å². The van der Waals surface area contributed by atoms with Crippen molar-refractivity contribution in [2.45, 2.75) is 102 Å². The smallest absolute Gasteiger partial charge is 0.302 e. The van der Waals surface area contributed by atoms with Crippen LogP contribution in [0.2, 0.25) is 0 Å². The van der Waals surface area contributed by atoms with Gasteiger partial charge in [-0.15, -0.1) is 0 Å². The van der Waals surface area contributed by atoms with Gasteiger partial charge in [-0.05, 0) is 134 Å². The Bertz CT molecular complexity index is 2880. The monoisotopic (exact) mass is 900 g/mol. The Labute approximate surface area is 393 Å². The lowest BCUT2D eigenvalue weighted by Gasteiger charge is -2.40. The van der Waals surface area contributed by atoms with Crippen LogP contribution in [0.15, 0.2) is 66.7 Å². The van der Waals surface area contributed by atoms with E-state index in [0.717, 1.165) is 107 Å². The minimum Gasteiger partial charge on any atom is -0.508 e. The molecule has 6 N–H and O–H groups in total. The van der Waals surface area contributed by atoms with Crippen molar-refractivity contribution in [3.05, 3.63) is 123 Å². The van der Waals surface area contributed by atoms with Gasteiger partial charge in [-0.3, -0.25) is 4.79 Å². The second-order valence-electron chi connectivity index (χ2n) is 18.9. The third-order valence-electron chi connectivity index (χ3n) is 15.1. The van der Waals surface area contributed by atoms with E-state index in [1.54, 1.807) is 19.2 Å². The zero-order valence-corrected chi connectivity index (χ0v) is 39.1. The van der Waals surface area contributed by atoms with Crippen LogP contribution in [0, 0.1) is 17.8 Å². The fraction of sp³-hybridized carbons (Fsp3) is 0.393. The van der Waals surface area contributed by atoms with Crippen LogP contribution in [-0.2, 0) is 40.6 Å². The molecule has 1 fully saturated rings. The van der Waals surface area contributed by atoms with E-state index in [1.165, 1.54) is 12.5 Å². The Morgan fingerprint density at radius 1 is 1.03 bits per heavy atom. The SMILES string of the molecule is CCNc1ccccc1CCC1c2cc(CC)c(N)nc2C#CCc2cc(O)c3c(c2C2Oc4c(ccc5c4C4(CCC1C4)Cc1cc(O)cc(OC)c1-5)C2COC(C)=O)C=CC(NC)CO3. The Hall–Kier alpha value is -6.64. The van der Waals surface area contributed by atoms with Gasteiger partial charge in [0.1, 0.15) is 48.1 Å². The number of nitrogens with one attached hydrogen (secondary N) is 2. The van der Waals surface area contributed by atoms with Crippen LogP contribution >= 0.6 is 0 Å². The fourth-order valence-corrected chi connectivity index (χ4v) is 12.1. The number of anilines is 2. The van der Waals surface area contributed by atoms with Gasteiger partial charge < -0.3 is 45.5 Å². The van der Waals surface area contributed by atoms with Gasteiger partial charge in [0.2, 0.25) is 0 Å². The number of nitrogens with zero attached hydrogens (tertiary/aromatic N) is 1. The summed E-state index contributed by atoms with van der Waals surface area (Å²) in [6.45, 7) is 6.90. The minimum atomic E-state index is -0.647. The maximum Gasteiger partial charge on any atom is 0.302 e. The standard InChI is InChI=1S/C56H60N4O7/c1-6-32-24-43-39(17-15-33-11-8-9-13-45(33)59-7-2)35-21-22-56(27-35)28-36-23-38(62)26-48(64-5)49(36)41-20-19-40-44(30-65-31(3)61)53(67-54(40)51(41)56)50-34(12-10-14-46(43)60-55(32)57)25-47(63)52-42(50)18-16-37(58-4)29-66-52/h8-9,11,13,16,18-20,23-26,35,37,39,44,53,58-59,62-63H,6-7,12,15,17,21-22,27-30H2,1-5H3,(H2,57,60). The van der Waals surface area contributed by atoms with E-state index < -0.39 is 17.4 Å². The molecule has 67 heavy (non-hydrogen) atoms. The maximum atomic E-state index is 12.7. The van der Waals surface area contributed by atoms with Crippen molar-refractivity contribution < 1.29 is 34.0 Å². The summed E-state index contributed by atoms with van der Waals surface area (Å²) in [5.41, 5.74) is 18.9. The van der Waals surface area contributed by atoms with Gasteiger partial charge in [0.25, 0.3) is 0 Å². The lowest BCUT2D eigenvalue weighted by molar-refractivity contribution is -0.141. The van der Waals surface area contributed by atoms with E-state index in [1.807, 2.05) is 19.2 Å². The van der Waals surface area contributed by atoms with E-state index in [9.17, 15) is 15.0 Å². The molecule has 2 aliphatic carbocycles. The number of carbonyl (C=O) groups excluding carboxylic acids is 1. The first-order valence-electron chi connectivity index (χ1n) is 23.9. The molecule has 4 bridgehead atoms. The molecule has 5 aliphatic rings. The van der Waals surface area contributed by atoms with Crippen molar-refractivity contribution >= 4 is 23.6 Å². The molecule has 1 aromatic heterocycles. The molecule has 4 heterocycles. The molecule has 10 rings (SSSR count). The Kier molecular flexibility index (Phi) is 11.8. The number of fused-ring (bicyclic) bond motifs is 9. The van der Waals surface area contributed by atoms with Gasteiger partial charge in [-0.25, -0.2) is 4.98 Å². The van der Waals surface area contributed by atoms with Gasteiger partial charge in [0, 0.05) is 64.9 Å². The highest BCUT2D eigenvalue weighted by atomic mass is 16.5. The number of hydrogen-bond acceptors (Lipinski definition) is 11. The third-order valence-corrected chi connectivity index (χ3v) is 15.1. The topological polar surface area (TPSA) is 157 Å². The first kappa shape index (κ1) is 44.2. The molecular formula is C56H60N4O7. The van der Waals surface area contributed by atoms with Crippen LogP contribution in [-0.4, -0.2) is 61.1 Å². The first-order chi connectivity index (χ1) is 32.5. The summed E-state index contributed by atoms with van der Waals surface area (Å²) >= 11 is 0. The van der Waals surface area contributed by atoms with Gasteiger partial charge in [0.15, 0.2) is 11.5 Å². The molecule has 0 radical (unpaired) electrons. The molecule has 6 atom stereocenters. The number of likely N-dealkylation sites (N-methyl/N-ethyl adjacent to an activating group) is 1. The van der Waals surface area contributed by atoms with Crippen LogP contribution in [0.4, 0.5) is 11.5 Å². The number of methoxy groups -OCH3 is 1. The number of aromatic hydroxyl groups is 2. The molecule has 5 aromatic rings. The molecule has 6 unspecified atom stereocenters. The van der Waals surface area contributed by atoms with Crippen molar-refractivity contribution in [1.29, 1.82) is 0 Å². The molecule has 346 valence electrons. The van der Waals surface area contributed by atoms with Crippen molar-refractivity contribution in [2.24, 2.45) is 5.92 Å². The summed E-state index contributed by atoms with van der Waals surface area (Å²) in [6.07, 6.45) is 9.44. The van der Waals surface area contributed by atoms with Crippen molar-refractivity contribution in [2.75, 3.05) is 45.0 Å². The van der Waals surface area contributed by atoms with Crippen LogP contribution < -0.4 is 30.6 Å². The predicted molar refractivity (Wildman–Crippen MR) is 261 cm³/mol. The predicted octanol–water partition coefficient (Wildman–Crippen LogP) is 9.44. The second-order valence-corrected chi connectivity index (χ2v) is 18.9. The van der Waals surface area contributed by atoms with Crippen molar-refractivity contribution in [3.8, 4) is 51.7 Å². The molecule has 11 nitrogen and oxygen atoms in total. The van der Waals surface area contributed by atoms with Gasteiger partial charge >= 0.3 is 5.97 Å². The maximum absolute atomic E-state index is 12.7. The minimum absolute atomic E-state index is 0.00998. The number of rotatable bonds is 10. The average Bonchev–Trinajstić information content (AvgIpc) is 3.82. The largest absolute Gasteiger partial charge is 0.508 e. The first-order valence-corrected chi connectivity index (χ1v) is 23.9. The Morgan fingerprint density at radius 2 is 1.88 bits per heavy atom. The number of para-hydroxylation sites is 1. The van der Waals surface area contributed by atoms with Crippen LogP contribution in [0.5, 0.6) is 28.7 Å². The normalized spacial score (nSPS) is 22.7. The third kappa shape index (κ3) is 7.79. The number of aryl methyl sites for hydroxylation is 2. The van der Waals surface area contributed by atoms with Crippen molar-refractivity contribution in [3.63, 3.8) is 0 Å². The molecule has 4 aromatic carbocycles. The van der Waals surface area contributed by atoms with E-state index in [2.05, 4.69) is 84.9 Å². The fourth-order valence-electron chi connectivity index (χ4n) is 12.1. The van der Waals surface area contributed by atoms with Gasteiger partial charge in [-0.1, -0.05) is 55.3 Å². The lowest BCUT2D eigenvalue weighted by atomic mass is 9.64. The number of hydrogen-bond donors (Lipinski definition) is 5. The van der Waals surface area contributed by atoms with Crippen LogP contribution in [0.25, 0.3) is 17.2 Å². The highest BCUT2D eigenvalue weighted by Gasteiger charge is 2.52. The number of pyridine rings is 1. The Morgan fingerprint density at radius 3 is 2.67 bits per heavy atom. The Balaban J connectivity index is 1.25. The molecule has 1 saturated carbocycles. The van der Waals surface area contributed by atoms with E-state index >= 15 is 0 Å². The number of ether oxygens (including phenoxy) is 4. The number of phenols is 2. The molecular weight excluding hydrogens is 841 g/mol. The summed E-state index contributed by atoms with van der Waals surface area (Å²) in [7, 11) is 3.53. The second kappa shape index (κ2) is 17.9. The molecule has 3 aliphatic heterocycles. The van der Waals surface area contributed by atoms with E-state index in [0.29, 0.717) is 41.6 Å². The molecule has 0 amide bonds.